The number of carbonyl (C=O) groups is 2. The van der Waals surface area contributed by atoms with Gasteiger partial charge in [-0.3, -0.25) is 14.4 Å². The molecule has 0 fully saturated rings. The lowest BCUT2D eigenvalue weighted by Crippen LogP contribution is -2.40. The molecule has 176 valence electrons. The molecular weight excluding hydrogens is 444 g/mol. The molecule has 1 heterocycles. The fourth-order valence-corrected chi connectivity index (χ4v) is 3.51. The van der Waals surface area contributed by atoms with Crippen molar-refractivity contribution in [1.82, 2.24) is 20.9 Å². The predicted octanol–water partition coefficient (Wildman–Crippen LogP) is 2.61. The van der Waals surface area contributed by atoms with Crippen molar-refractivity contribution in [2.24, 2.45) is 5.10 Å². The molecule has 3 N–H and O–H groups in total. The van der Waals surface area contributed by atoms with Crippen molar-refractivity contribution in [1.29, 1.82) is 0 Å². The summed E-state index contributed by atoms with van der Waals surface area (Å²) in [5.74, 6) is -1.08. The van der Waals surface area contributed by atoms with Crippen LogP contribution in [0.15, 0.2) is 88.8 Å². The number of benzene rings is 3. The van der Waals surface area contributed by atoms with Crippen LogP contribution in [0.25, 0.3) is 10.8 Å². The zero-order chi connectivity index (χ0) is 24.8. The molecule has 2 amide bonds. The number of hydrogen-bond donors (Lipinski definition) is 3. The summed E-state index contributed by atoms with van der Waals surface area (Å²) in [7, 11) is 3.89. The second-order valence-corrected chi connectivity index (χ2v) is 7.98. The normalized spacial score (nSPS) is 11.8. The third-order valence-corrected chi connectivity index (χ3v) is 5.37. The topological polar surface area (TPSA) is 120 Å². The molecule has 1 aromatic heterocycles. The molecule has 0 aliphatic carbocycles. The van der Waals surface area contributed by atoms with Gasteiger partial charge < -0.3 is 10.2 Å². The highest BCUT2D eigenvalue weighted by molar-refractivity contribution is 5.99. The van der Waals surface area contributed by atoms with Crippen LogP contribution in [0.1, 0.15) is 27.7 Å². The van der Waals surface area contributed by atoms with E-state index in [4.69, 9.17) is 0 Å². The minimum atomic E-state index is -1.21. The molecule has 0 bridgehead atoms. The number of nitrogens with one attached hydrogen (secondary N) is 3. The first-order chi connectivity index (χ1) is 16.9. The number of aromatic amines is 1. The number of aromatic nitrogens is 2. The largest absolute Gasteiger partial charge is 0.378 e. The van der Waals surface area contributed by atoms with E-state index in [-0.39, 0.29) is 5.69 Å². The van der Waals surface area contributed by atoms with Crippen molar-refractivity contribution >= 4 is 34.5 Å². The van der Waals surface area contributed by atoms with Gasteiger partial charge in [-0.1, -0.05) is 48.5 Å². The summed E-state index contributed by atoms with van der Waals surface area (Å²) in [5, 5.41) is 14.1. The highest BCUT2D eigenvalue weighted by Crippen LogP contribution is 2.20. The highest BCUT2D eigenvalue weighted by atomic mass is 16.2. The van der Waals surface area contributed by atoms with E-state index in [1.165, 1.54) is 6.21 Å². The van der Waals surface area contributed by atoms with Crippen molar-refractivity contribution in [3.8, 4) is 0 Å². The van der Waals surface area contributed by atoms with Crippen LogP contribution >= 0.6 is 0 Å². The van der Waals surface area contributed by atoms with E-state index in [2.05, 4.69) is 26.0 Å². The molecule has 3 aromatic carbocycles. The summed E-state index contributed by atoms with van der Waals surface area (Å²) >= 11 is 0. The summed E-state index contributed by atoms with van der Waals surface area (Å²) in [5.41, 5.74) is 4.48. The highest BCUT2D eigenvalue weighted by Gasteiger charge is 2.27. The van der Waals surface area contributed by atoms with Gasteiger partial charge in [0, 0.05) is 30.7 Å². The molecule has 0 saturated carbocycles. The number of fused-ring (bicyclic) bond motifs is 1. The van der Waals surface area contributed by atoms with Crippen LogP contribution in [-0.4, -0.2) is 42.3 Å². The number of rotatable bonds is 7. The number of amides is 2. The van der Waals surface area contributed by atoms with Crippen LogP contribution < -0.4 is 21.2 Å². The molecule has 0 unspecified atom stereocenters. The summed E-state index contributed by atoms with van der Waals surface area (Å²) in [6, 6.07) is 21.7. The van der Waals surface area contributed by atoms with Crippen molar-refractivity contribution in [3.05, 3.63) is 106 Å². The fraction of sp³-hybridized carbons (Fsp3) is 0.115. The van der Waals surface area contributed by atoms with Crippen molar-refractivity contribution in [2.45, 2.75) is 6.04 Å². The Labute approximate surface area is 201 Å². The summed E-state index contributed by atoms with van der Waals surface area (Å²) < 4.78 is 0. The third kappa shape index (κ3) is 5.41. The SMILES string of the molecule is CN(C)c1ccc(/C=N\NC(=O)[C@@H](NC(=O)c2ccccc2)c2n[nH]c(=O)c3ccccc23)cc1. The van der Waals surface area contributed by atoms with E-state index in [1.807, 2.05) is 43.3 Å². The van der Waals surface area contributed by atoms with E-state index in [9.17, 15) is 14.4 Å². The Morgan fingerprint density at radius 1 is 0.943 bits per heavy atom. The smallest absolute Gasteiger partial charge is 0.272 e. The number of hydrazone groups is 1. The Balaban J connectivity index is 1.62. The minimum absolute atomic E-state index is 0.201. The number of H-pyrrole nitrogens is 1. The molecule has 0 aliphatic heterocycles. The lowest BCUT2D eigenvalue weighted by Gasteiger charge is -2.18. The van der Waals surface area contributed by atoms with Crippen molar-refractivity contribution in [3.63, 3.8) is 0 Å². The molecule has 35 heavy (non-hydrogen) atoms. The first-order valence-electron chi connectivity index (χ1n) is 10.9. The monoisotopic (exact) mass is 468 g/mol. The zero-order valence-electron chi connectivity index (χ0n) is 19.2. The lowest BCUT2D eigenvalue weighted by molar-refractivity contribution is -0.123. The standard InChI is InChI=1S/C26H24N6O3/c1-32(2)19-14-12-17(13-15-19)16-27-30-26(35)23(28-24(33)18-8-4-3-5-9-18)22-20-10-6-7-11-21(20)25(34)31-29-22/h3-16,23H,1-2H3,(H,28,33)(H,30,35)(H,31,34)/b27-16-/t23-/m0/s1. The van der Waals surface area contributed by atoms with E-state index in [1.54, 1.807) is 54.6 Å². The Hall–Kier alpha value is -4.79. The quantitative estimate of drug-likeness (QED) is 0.285. The molecule has 0 spiro atoms. The van der Waals surface area contributed by atoms with Crippen LogP contribution in [0, 0.1) is 0 Å². The van der Waals surface area contributed by atoms with Crippen LogP contribution in [0.4, 0.5) is 5.69 Å². The molecule has 1 atom stereocenters. The fourth-order valence-electron chi connectivity index (χ4n) is 3.51. The van der Waals surface area contributed by atoms with Gasteiger partial charge in [0.15, 0.2) is 6.04 Å². The molecule has 9 heteroatoms. The Morgan fingerprint density at radius 3 is 2.29 bits per heavy atom. The maximum absolute atomic E-state index is 13.2. The Bertz CT molecular complexity index is 1430. The second-order valence-electron chi connectivity index (χ2n) is 7.98. The number of nitrogens with zero attached hydrogens (tertiary/aromatic N) is 3. The van der Waals surface area contributed by atoms with Crippen molar-refractivity contribution < 1.29 is 9.59 Å². The first kappa shape index (κ1) is 23.4. The number of hydrogen-bond acceptors (Lipinski definition) is 6. The van der Waals surface area contributed by atoms with E-state index >= 15 is 0 Å². The van der Waals surface area contributed by atoms with Crippen LogP contribution in [0.5, 0.6) is 0 Å². The molecule has 9 nitrogen and oxygen atoms in total. The predicted molar refractivity (Wildman–Crippen MR) is 136 cm³/mol. The molecule has 0 aliphatic rings. The van der Waals surface area contributed by atoms with Gasteiger partial charge in [0.1, 0.15) is 5.69 Å². The minimum Gasteiger partial charge on any atom is -0.378 e. The van der Waals surface area contributed by atoms with Crippen LogP contribution in [0.3, 0.4) is 0 Å². The van der Waals surface area contributed by atoms with Gasteiger partial charge >= 0.3 is 0 Å². The summed E-state index contributed by atoms with van der Waals surface area (Å²) in [4.78, 5) is 40.3. The van der Waals surface area contributed by atoms with E-state index in [0.717, 1.165) is 11.3 Å². The van der Waals surface area contributed by atoms with Gasteiger partial charge in [-0.15, -0.1) is 0 Å². The lowest BCUT2D eigenvalue weighted by atomic mass is 10.0. The Kier molecular flexibility index (Phi) is 6.96. The molecular formula is C26H24N6O3. The zero-order valence-corrected chi connectivity index (χ0v) is 19.2. The number of anilines is 1. The van der Waals surface area contributed by atoms with Gasteiger partial charge in [-0.25, -0.2) is 10.5 Å². The molecule has 0 radical (unpaired) electrons. The third-order valence-electron chi connectivity index (χ3n) is 5.37. The van der Waals surface area contributed by atoms with Gasteiger partial charge in [-0.2, -0.15) is 10.2 Å². The van der Waals surface area contributed by atoms with Gasteiger partial charge in [0.05, 0.1) is 11.6 Å². The first-order valence-corrected chi connectivity index (χ1v) is 10.9. The number of carbonyl (C=O) groups excluding carboxylic acids is 2. The van der Waals surface area contributed by atoms with Crippen LogP contribution in [-0.2, 0) is 4.79 Å². The summed E-state index contributed by atoms with van der Waals surface area (Å²) in [6.07, 6.45) is 1.51. The van der Waals surface area contributed by atoms with E-state index in [0.29, 0.717) is 16.3 Å². The Morgan fingerprint density at radius 2 is 1.60 bits per heavy atom. The average Bonchev–Trinajstić information content (AvgIpc) is 2.88. The van der Waals surface area contributed by atoms with Gasteiger partial charge in [0.25, 0.3) is 17.4 Å². The summed E-state index contributed by atoms with van der Waals surface area (Å²) in [6.45, 7) is 0. The second kappa shape index (κ2) is 10.4. The van der Waals surface area contributed by atoms with Gasteiger partial charge in [-0.05, 0) is 35.9 Å². The maximum atomic E-state index is 13.2. The van der Waals surface area contributed by atoms with E-state index < -0.39 is 23.4 Å². The average molecular weight is 469 g/mol. The molecule has 4 rings (SSSR count). The molecule has 4 aromatic rings. The van der Waals surface area contributed by atoms with Crippen molar-refractivity contribution in [2.75, 3.05) is 19.0 Å². The van der Waals surface area contributed by atoms with Gasteiger partial charge in [0.2, 0.25) is 0 Å². The van der Waals surface area contributed by atoms with Crippen LogP contribution in [0.2, 0.25) is 0 Å². The maximum Gasteiger partial charge on any atom is 0.272 e. The molecule has 0 saturated heterocycles.